The molecule has 26 heavy (non-hydrogen) atoms. The average molecular weight is 360 g/mol. The molecule has 7 heteroatoms. The molecule has 1 atom stereocenters. The van der Waals surface area contributed by atoms with Crippen LogP contribution in [0.1, 0.15) is 61.8 Å². The van der Waals surface area contributed by atoms with Crippen molar-refractivity contribution in [1.82, 2.24) is 15.0 Å². The van der Waals surface area contributed by atoms with Crippen LogP contribution in [-0.2, 0) is 9.47 Å². The molecule has 1 aromatic rings. The van der Waals surface area contributed by atoms with Crippen molar-refractivity contribution in [3.63, 3.8) is 0 Å². The van der Waals surface area contributed by atoms with Crippen molar-refractivity contribution in [1.29, 1.82) is 0 Å². The van der Waals surface area contributed by atoms with Gasteiger partial charge in [-0.3, -0.25) is 4.79 Å². The highest BCUT2D eigenvalue weighted by Crippen LogP contribution is 2.27. The molecule has 2 heterocycles. The van der Waals surface area contributed by atoms with Crippen LogP contribution < -0.4 is 5.32 Å². The molecule has 1 N–H and O–H groups in total. The summed E-state index contributed by atoms with van der Waals surface area (Å²) < 4.78 is 12.8. The molecule has 0 radical (unpaired) electrons. The van der Waals surface area contributed by atoms with Crippen molar-refractivity contribution in [3.8, 4) is 0 Å². The molecule has 1 fully saturated rings. The van der Waals surface area contributed by atoms with Crippen molar-refractivity contribution in [2.45, 2.75) is 51.6 Å². The maximum atomic E-state index is 12.1. The van der Waals surface area contributed by atoms with Crippen molar-refractivity contribution >= 4 is 17.9 Å². The van der Waals surface area contributed by atoms with Crippen molar-refractivity contribution in [2.75, 3.05) is 20.3 Å². The Labute approximate surface area is 154 Å². The van der Waals surface area contributed by atoms with Crippen LogP contribution >= 0.6 is 0 Å². The van der Waals surface area contributed by atoms with Gasteiger partial charge < -0.3 is 14.8 Å². The fourth-order valence-electron chi connectivity index (χ4n) is 3.58. The summed E-state index contributed by atoms with van der Waals surface area (Å²) in [5.41, 5.74) is 1.42. The third kappa shape index (κ3) is 4.33. The van der Waals surface area contributed by atoms with Crippen LogP contribution in [0.5, 0.6) is 0 Å². The summed E-state index contributed by atoms with van der Waals surface area (Å²) in [6.07, 6.45) is 12.2. The van der Waals surface area contributed by atoms with Crippen LogP contribution in [0.4, 0.5) is 0 Å². The summed E-state index contributed by atoms with van der Waals surface area (Å²) in [5.74, 6) is 1.01. The minimum Gasteiger partial charge on any atom is -0.479 e. The number of carbonyl (C=O) groups excluding carboxylic acids is 1. The van der Waals surface area contributed by atoms with Gasteiger partial charge in [-0.15, -0.1) is 5.10 Å². The van der Waals surface area contributed by atoms with E-state index in [0.717, 1.165) is 12.0 Å². The molecule has 0 bridgehead atoms. The third-order valence-electron chi connectivity index (χ3n) is 5.20. The van der Waals surface area contributed by atoms with Gasteiger partial charge in [-0.05, 0) is 37.7 Å². The minimum absolute atomic E-state index is 0.122. The van der Waals surface area contributed by atoms with E-state index in [4.69, 9.17) is 9.47 Å². The van der Waals surface area contributed by atoms with E-state index in [9.17, 15) is 4.79 Å². The van der Waals surface area contributed by atoms with Crippen LogP contribution in [0.3, 0.4) is 0 Å². The number of nitrogens with one attached hydrogen (secondary N) is 1. The van der Waals surface area contributed by atoms with E-state index >= 15 is 0 Å². The first-order valence-corrected chi connectivity index (χ1v) is 9.46. The van der Waals surface area contributed by atoms with E-state index in [0.29, 0.717) is 30.7 Å². The second-order valence-electron chi connectivity index (χ2n) is 6.87. The zero-order chi connectivity index (χ0) is 18.4. The second-order valence-corrected chi connectivity index (χ2v) is 6.87. The van der Waals surface area contributed by atoms with Gasteiger partial charge in [-0.2, -0.15) is 0 Å². The standard InChI is InChI=1S/C19H28N4O3/c1-14(15-6-4-3-5-7-15)26-13-22-23-17(19(24)20-2)12-21-18(23)16-8-10-25-11-9-16/h8,12-15H,3-7,9-11H2,1-2H3,(H,20,24)/b22-13+/t14-/m1/s1. The van der Waals surface area contributed by atoms with Crippen molar-refractivity contribution < 1.29 is 14.3 Å². The Morgan fingerprint density at radius 2 is 2.27 bits per heavy atom. The molecule has 1 aliphatic heterocycles. The van der Waals surface area contributed by atoms with E-state index in [2.05, 4.69) is 22.3 Å². The van der Waals surface area contributed by atoms with Gasteiger partial charge in [0.1, 0.15) is 0 Å². The van der Waals surface area contributed by atoms with Crippen LogP contribution in [0.25, 0.3) is 5.57 Å². The highest BCUT2D eigenvalue weighted by atomic mass is 16.5. The number of carbonyl (C=O) groups is 1. The van der Waals surface area contributed by atoms with E-state index in [1.165, 1.54) is 38.5 Å². The van der Waals surface area contributed by atoms with Crippen LogP contribution in [0.2, 0.25) is 0 Å². The van der Waals surface area contributed by atoms with Crippen LogP contribution in [0.15, 0.2) is 17.4 Å². The Morgan fingerprint density at radius 3 is 2.96 bits per heavy atom. The number of hydrogen-bond acceptors (Lipinski definition) is 5. The number of rotatable bonds is 6. The number of amides is 1. The Balaban J connectivity index is 1.76. The highest BCUT2D eigenvalue weighted by Gasteiger charge is 2.21. The smallest absolute Gasteiger partial charge is 0.271 e. The van der Waals surface area contributed by atoms with E-state index in [-0.39, 0.29) is 12.0 Å². The molecule has 1 amide bonds. The molecule has 7 nitrogen and oxygen atoms in total. The molecular formula is C19H28N4O3. The fraction of sp³-hybridized carbons (Fsp3) is 0.632. The highest BCUT2D eigenvalue weighted by molar-refractivity contribution is 5.92. The molecule has 1 aliphatic carbocycles. The normalized spacial score (nSPS) is 20.0. The largest absolute Gasteiger partial charge is 0.479 e. The number of hydrogen-bond donors (Lipinski definition) is 1. The lowest BCUT2D eigenvalue weighted by atomic mass is 9.86. The first kappa shape index (κ1) is 18.6. The quantitative estimate of drug-likeness (QED) is 0.625. The zero-order valence-corrected chi connectivity index (χ0v) is 15.6. The Kier molecular flexibility index (Phi) is 6.44. The lowest BCUT2D eigenvalue weighted by Crippen LogP contribution is -2.23. The summed E-state index contributed by atoms with van der Waals surface area (Å²) in [6.45, 7) is 3.29. The molecule has 0 spiro atoms. The zero-order valence-electron chi connectivity index (χ0n) is 15.6. The second kappa shape index (κ2) is 8.98. The van der Waals surface area contributed by atoms with Gasteiger partial charge in [0.05, 0.1) is 25.5 Å². The van der Waals surface area contributed by atoms with Gasteiger partial charge in [0.15, 0.2) is 17.9 Å². The summed E-state index contributed by atoms with van der Waals surface area (Å²) in [5, 5.41) is 7.04. The topological polar surface area (TPSA) is 77.7 Å². The molecule has 3 rings (SSSR count). The molecule has 0 saturated heterocycles. The molecule has 1 saturated carbocycles. The third-order valence-corrected chi connectivity index (χ3v) is 5.20. The maximum absolute atomic E-state index is 12.1. The monoisotopic (exact) mass is 360 g/mol. The first-order chi connectivity index (χ1) is 12.7. The molecule has 1 aromatic heterocycles. The van der Waals surface area contributed by atoms with E-state index < -0.39 is 0 Å². The van der Waals surface area contributed by atoms with Gasteiger partial charge in [-0.1, -0.05) is 25.3 Å². The van der Waals surface area contributed by atoms with Gasteiger partial charge >= 0.3 is 0 Å². The molecule has 142 valence electrons. The molecular weight excluding hydrogens is 332 g/mol. The lowest BCUT2D eigenvalue weighted by molar-refractivity contribution is 0.0954. The number of aromatic nitrogens is 2. The first-order valence-electron chi connectivity index (χ1n) is 9.46. The maximum Gasteiger partial charge on any atom is 0.271 e. The Bertz CT molecular complexity index is 674. The lowest BCUT2D eigenvalue weighted by Gasteiger charge is -2.26. The van der Waals surface area contributed by atoms with Gasteiger partial charge in [-0.25, -0.2) is 9.66 Å². The van der Waals surface area contributed by atoms with Crippen LogP contribution in [-0.4, -0.2) is 48.3 Å². The Morgan fingerprint density at radius 1 is 1.46 bits per heavy atom. The van der Waals surface area contributed by atoms with E-state index in [1.54, 1.807) is 17.9 Å². The van der Waals surface area contributed by atoms with Crippen molar-refractivity contribution in [3.05, 3.63) is 23.8 Å². The molecule has 0 unspecified atom stereocenters. The SMILES string of the molecule is CNC(=O)c1cnc(C2=CCOCC2)n1/N=C/O[C@H](C)C1CCCCC1. The van der Waals surface area contributed by atoms with Gasteiger partial charge in [0, 0.05) is 7.05 Å². The Hall–Kier alpha value is -2.15. The summed E-state index contributed by atoms with van der Waals surface area (Å²) in [4.78, 5) is 16.5. The van der Waals surface area contributed by atoms with Gasteiger partial charge in [0.2, 0.25) is 0 Å². The molecule has 0 aromatic carbocycles. The summed E-state index contributed by atoms with van der Waals surface area (Å²) in [7, 11) is 1.60. The fourth-order valence-corrected chi connectivity index (χ4v) is 3.58. The molecule has 2 aliphatic rings. The predicted molar refractivity (Wildman–Crippen MR) is 100 cm³/mol. The van der Waals surface area contributed by atoms with Crippen molar-refractivity contribution in [2.24, 2.45) is 11.0 Å². The number of imidazole rings is 1. The van der Waals surface area contributed by atoms with Gasteiger partial charge in [0.25, 0.3) is 5.91 Å². The van der Waals surface area contributed by atoms with E-state index in [1.807, 2.05) is 6.08 Å². The summed E-state index contributed by atoms with van der Waals surface area (Å²) >= 11 is 0. The summed E-state index contributed by atoms with van der Waals surface area (Å²) in [6, 6.07) is 0. The average Bonchev–Trinajstić information content (AvgIpc) is 3.12. The predicted octanol–water partition coefficient (Wildman–Crippen LogP) is 2.82. The number of ether oxygens (including phenoxy) is 2. The number of nitrogens with zero attached hydrogens (tertiary/aromatic N) is 3. The minimum atomic E-state index is -0.228. The van der Waals surface area contributed by atoms with Crippen LogP contribution in [0, 0.1) is 5.92 Å².